The summed E-state index contributed by atoms with van der Waals surface area (Å²) < 4.78 is 37.6. The van der Waals surface area contributed by atoms with E-state index in [0.717, 1.165) is 69.5 Å². The van der Waals surface area contributed by atoms with Crippen molar-refractivity contribution in [2.45, 2.75) is 43.4 Å². The van der Waals surface area contributed by atoms with E-state index in [2.05, 4.69) is 22.3 Å². The fourth-order valence-electron chi connectivity index (χ4n) is 6.23. The molecule has 3 aromatic rings. The average Bonchev–Trinajstić information content (AvgIpc) is 3.36. The van der Waals surface area contributed by atoms with Crippen molar-refractivity contribution >= 4 is 11.9 Å². The fraction of sp³-hybridized carbons (Fsp3) is 0.355. The second-order valence-corrected chi connectivity index (χ2v) is 10.7. The van der Waals surface area contributed by atoms with E-state index in [9.17, 15) is 18.4 Å². The summed E-state index contributed by atoms with van der Waals surface area (Å²) in [5.41, 5.74) is 2.69. The molecular weight excluding hydrogens is 502 g/mol. The van der Waals surface area contributed by atoms with E-state index in [1.165, 1.54) is 29.8 Å². The number of carbonyl (C=O) groups is 2. The van der Waals surface area contributed by atoms with Gasteiger partial charge in [0.15, 0.2) is 0 Å². The van der Waals surface area contributed by atoms with Crippen LogP contribution in [0.3, 0.4) is 0 Å². The Kier molecular flexibility index (Phi) is 6.69. The van der Waals surface area contributed by atoms with Gasteiger partial charge in [-0.25, -0.2) is 18.4 Å². The van der Waals surface area contributed by atoms with Crippen molar-refractivity contribution in [3.8, 4) is 0 Å². The van der Waals surface area contributed by atoms with Crippen LogP contribution in [0.5, 0.6) is 0 Å². The predicted molar refractivity (Wildman–Crippen MR) is 140 cm³/mol. The quantitative estimate of drug-likeness (QED) is 0.466. The molecule has 7 rings (SSSR count). The normalized spacial score (nSPS) is 20.6. The molecule has 4 heterocycles. The molecule has 2 spiro atoms. The largest absolute Gasteiger partial charge is 0.450 e. The Morgan fingerprint density at radius 2 is 1.23 bits per heavy atom. The van der Waals surface area contributed by atoms with Crippen molar-refractivity contribution in [3.63, 3.8) is 0 Å². The van der Waals surface area contributed by atoms with Crippen LogP contribution in [0.4, 0.5) is 8.78 Å². The molecule has 0 unspecified atom stereocenters. The second-order valence-electron chi connectivity index (χ2n) is 10.7. The van der Waals surface area contributed by atoms with Gasteiger partial charge in [0.05, 0.1) is 11.1 Å². The zero-order valence-electron chi connectivity index (χ0n) is 21.6. The molecule has 0 radical (unpaired) electrons. The van der Waals surface area contributed by atoms with Crippen molar-refractivity contribution in [2.24, 2.45) is 0 Å². The van der Waals surface area contributed by atoms with Crippen LogP contribution in [-0.4, -0.2) is 43.0 Å². The Balaban J connectivity index is 0.000000151. The van der Waals surface area contributed by atoms with E-state index in [1.54, 1.807) is 12.1 Å². The Morgan fingerprint density at radius 1 is 0.718 bits per heavy atom. The van der Waals surface area contributed by atoms with E-state index in [4.69, 9.17) is 9.47 Å². The van der Waals surface area contributed by atoms with Crippen LogP contribution in [0, 0.1) is 11.6 Å². The van der Waals surface area contributed by atoms with Gasteiger partial charge in [0.2, 0.25) is 0 Å². The molecule has 4 aliphatic heterocycles. The monoisotopic (exact) mass is 532 g/mol. The zero-order valence-corrected chi connectivity index (χ0v) is 21.6. The Hall–Kier alpha value is -3.62. The minimum Gasteiger partial charge on any atom is -0.450 e. The first-order valence-corrected chi connectivity index (χ1v) is 13.4. The molecule has 2 fully saturated rings. The number of likely N-dealkylation sites (tertiary alicyclic amines) is 1. The van der Waals surface area contributed by atoms with Crippen molar-refractivity contribution in [1.29, 1.82) is 0 Å². The number of nitrogens with zero attached hydrogens (tertiary/aromatic N) is 1. The first-order chi connectivity index (χ1) is 18.9. The number of carbonyl (C=O) groups excluding carboxylic acids is 2. The Morgan fingerprint density at radius 3 is 1.77 bits per heavy atom. The van der Waals surface area contributed by atoms with Gasteiger partial charge in [-0.05, 0) is 42.9 Å². The smallest absolute Gasteiger partial charge is 0.339 e. The summed E-state index contributed by atoms with van der Waals surface area (Å²) in [5.74, 6) is -1.56. The van der Waals surface area contributed by atoms with Crippen molar-refractivity contribution < 1.29 is 27.8 Å². The Labute approximate surface area is 225 Å². The molecule has 2 saturated heterocycles. The number of esters is 2. The highest BCUT2D eigenvalue weighted by atomic mass is 19.1. The summed E-state index contributed by atoms with van der Waals surface area (Å²) in [5, 5.41) is 3.23. The molecule has 0 saturated carbocycles. The molecule has 0 bridgehead atoms. The summed E-state index contributed by atoms with van der Waals surface area (Å²) in [6.45, 7) is 4.27. The van der Waals surface area contributed by atoms with Gasteiger partial charge in [0.25, 0.3) is 0 Å². The maximum Gasteiger partial charge on any atom is 0.339 e. The van der Waals surface area contributed by atoms with Crippen molar-refractivity contribution in [2.75, 3.05) is 26.2 Å². The number of fused-ring (bicyclic) bond motifs is 4. The number of hydrogen-bond acceptors (Lipinski definition) is 6. The van der Waals surface area contributed by atoms with E-state index in [1.807, 2.05) is 18.2 Å². The van der Waals surface area contributed by atoms with Gasteiger partial charge in [0.1, 0.15) is 22.8 Å². The first kappa shape index (κ1) is 25.6. The summed E-state index contributed by atoms with van der Waals surface area (Å²) in [6, 6.07) is 19.1. The van der Waals surface area contributed by atoms with E-state index >= 15 is 0 Å². The lowest BCUT2D eigenvalue weighted by atomic mass is 9.83. The molecule has 4 aliphatic rings. The molecule has 0 aliphatic carbocycles. The van der Waals surface area contributed by atoms with Crippen LogP contribution >= 0.6 is 0 Å². The summed E-state index contributed by atoms with van der Waals surface area (Å²) >= 11 is 0. The highest BCUT2D eigenvalue weighted by molar-refractivity contribution is 5.95. The third-order valence-corrected chi connectivity index (χ3v) is 8.28. The molecule has 8 heteroatoms. The standard InChI is InChI=1S/C19H18FNO2.C12H12FNO2/c20-15-6-7-17-16(12-15)18(22)23-19(17)8-10-21(11-9-19)13-14-4-2-1-3-5-14;13-8-1-2-10-9(7-8)11(15)16-12(10)3-5-14-6-4-12/h1-7,12H,8-11,13H2;1-2,7,14H,3-6H2. The molecular formula is C31H30F2N2O4. The van der Waals surface area contributed by atoms with Gasteiger partial charge in [0, 0.05) is 56.4 Å². The molecule has 202 valence electrons. The fourth-order valence-corrected chi connectivity index (χ4v) is 6.23. The second kappa shape index (κ2) is 10.2. The van der Waals surface area contributed by atoms with Gasteiger partial charge >= 0.3 is 11.9 Å². The molecule has 6 nitrogen and oxygen atoms in total. The number of benzene rings is 3. The van der Waals surface area contributed by atoms with Crippen LogP contribution in [0.2, 0.25) is 0 Å². The number of nitrogens with one attached hydrogen (secondary N) is 1. The summed E-state index contributed by atoms with van der Waals surface area (Å²) in [4.78, 5) is 26.1. The van der Waals surface area contributed by atoms with Gasteiger partial charge in [-0.15, -0.1) is 0 Å². The SMILES string of the molecule is O=C1OC2(CCN(Cc3ccccc3)CC2)c2ccc(F)cc21.O=C1OC2(CCNCC2)c2ccc(F)cc21. The van der Waals surface area contributed by atoms with E-state index in [0.29, 0.717) is 11.1 Å². The van der Waals surface area contributed by atoms with Crippen molar-refractivity contribution in [1.82, 2.24) is 10.2 Å². The number of halogens is 2. The van der Waals surface area contributed by atoms with E-state index in [-0.39, 0.29) is 11.6 Å². The van der Waals surface area contributed by atoms with Gasteiger partial charge in [-0.1, -0.05) is 42.5 Å². The van der Waals surface area contributed by atoms with Gasteiger partial charge in [-0.2, -0.15) is 0 Å². The highest BCUT2D eigenvalue weighted by Gasteiger charge is 2.48. The van der Waals surface area contributed by atoms with Crippen molar-refractivity contribution in [3.05, 3.63) is 106 Å². The lowest BCUT2D eigenvalue weighted by Crippen LogP contribution is -2.42. The molecule has 0 atom stereocenters. The maximum absolute atomic E-state index is 13.4. The van der Waals surface area contributed by atoms with Crippen LogP contribution in [-0.2, 0) is 27.2 Å². The Bertz CT molecular complexity index is 1400. The predicted octanol–water partition coefficient (Wildman–Crippen LogP) is 5.06. The minimum atomic E-state index is -0.562. The third-order valence-electron chi connectivity index (χ3n) is 8.28. The molecule has 1 N–H and O–H groups in total. The lowest BCUT2D eigenvalue weighted by Gasteiger charge is -2.38. The molecule has 39 heavy (non-hydrogen) atoms. The number of rotatable bonds is 2. The molecule has 0 amide bonds. The van der Waals surface area contributed by atoms with Crippen LogP contribution in [0.25, 0.3) is 0 Å². The third kappa shape index (κ3) is 4.83. The zero-order chi connectivity index (χ0) is 27.0. The van der Waals surface area contributed by atoms with Crippen LogP contribution in [0.15, 0.2) is 66.7 Å². The van der Waals surface area contributed by atoms with Gasteiger partial charge < -0.3 is 14.8 Å². The summed E-state index contributed by atoms with van der Waals surface area (Å²) in [7, 11) is 0. The number of ether oxygens (including phenoxy) is 2. The topological polar surface area (TPSA) is 67.9 Å². The van der Waals surface area contributed by atoms with Crippen LogP contribution < -0.4 is 5.32 Å². The lowest BCUT2D eigenvalue weighted by molar-refractivity contribution is -0.0441. The number of hydrogen-bond donors (Lipinski definition) is 1. The molecule has 3 aromatic carbocycles. The highest BCUT2D eigenvalue weighted by Crippen LogP contribution is 2.45. The van der Waals surface area contributed by atoms with Crippen LogP contribution in [0.1, 0.15) is 63.1 Å². The van der Waals surface area contributed by atoms with E-state index < -0.39 is 23.1 Å². The maximum atomic E-state index is 13.4. The first-order valence-electron chi connectivity index (χ1n) is 13.4. The minimum absolute atomic E-state index is 0.387. The number of piperidine rings is 2. The van der Waals surface area contributed by atoms with Gasteiger partial charge in [-0.3, -0.25) is 4.90 Å². The molecule has 0 aromatic heterocycles. The average molecular weight is 533 g/mol. The summed E-state index contributed by atoms with van der Waals surface area (Å²) in [6.07, 6.45) is 3.03.